The van der Waals surface area contributed by atoms with Crippen molar-refractivity contribution in [3.8, 4) is 0 Å². The number of hydrogen-bond acceptors (Lipinski definition) is 5. The van der Waals surface area contributed by atoms with Crippen LogP contribution in [0, 0.1) is 0 Å². The maximum Gasteiger partial charge on any atom is 0.242 e. The monoisotopic (exact) mass is 296 g/mol. The fraction of sp³-hybridized carbons (Fsp3) is 0.714. The fourth-order valence-corrected chi connectivity index (χ4v) is 2.33. The van der Waals surface area contributed by atoms with Crippen molar-refractivity contribution in [3.05, 3.63) is 18.0 Å². The number of carbonyl (C=O) groups is 1. The molecule has 21 heavy (non-hydrogen) atoms. The van der Waals surface area contributed by atoms with Crippen molar-refractivity contribution in [3.63, 3.8) is 0 Å². The first-order valence-electron chi connectivity index (χ1n) is 7.25. The Bertz CT molecular complexity index is 457. The summed E-state index contributed by atoms with van der Waals surface area (Å²) in [7, 11) is 3.59. The summed E-state index contributed by atoms with van der Waals surface area (Å²) < 4.78 is 12.6. The summed E-state index contributed by atoms with van der Waals surface area (Å²) >= 11 is 0. The van der Waals surface area contributed by atoms with Crippen LogP contribution in [-0.4, -0.2) is 54.7 Å². The van der Waals surface area contributed by atoms with Crippen LogP contribution in [0.5, 0.6) is 0 Å². The van der Waals surface area contributed by atoms with Gasteiger partial charge >= 0.3 is 0 Å². The van der Waals surface area contributed by atoms with E-state index in [0.29, 0.717) is 13.2 Å². The third-order valence-corrected chi connectivity index (χ3v) is 3.47. The Hall–Kier alpha value is -1.44. The molecule has 1 fully saturated rings. The molecular weight excluding hydrogens is 272 g/mol. The Morgan fingerprint density at radius 2 is 2.48 bits per heavy atom. The van der Waals surface area contributed by atoms with Gasteiger partial charge in [-0.25, -0.2) is 0 Å². The summed E-state index contributed by atoms with van der Waals surface area (Å²) in [5.74, 6) is -0.0794. The molecule has 3 unspecified atom stereocenters. The number of likely N-dealkylation sites (N-methyl/N-ethyl adjacent to an activating group) is 1. The van der Waals surface area contributed by atoms with Gasteiger partial charge < -0.3 is 20.1 Å². The summed E-state index contributed by atoms with van der Waals surface area (Å²) in [4.78, 5) is 12.3. The molecular formula is C14H24N4O3. The Labute approximate surface area is 125 Å². The lowest BCUT2D eigenvalue weighted by atomic mass is 10.1. The maximum atomic E-state index is 12.3. The Morgan fingerprint density at radius 3 is 3.05 bits per heavy atom. The van der Waals surface area contributed by atoms with Gasteiger partial charge in [-0.05, 0) is 20.4 Å². The van der Waals surface area contributed by atoms with Crippen LogP contribution >= 0.6 is 0 Å². The van der Waals surface area contributed by atoms with Gasteiger partial charge in [-0.2, -0.15) is 5.10 Å². The number of aryl methyl sites for hydroxylation is 1. The highest BCUT2D eigenvalue weighted by molar-refractivity contribution is 5.83. The number of hydrogen-bond donors (Lipinski definition) is 2. The van der Waals surface area contributed by atoms with Crippen molar-refractivity contribution in [1.82, 2.24) is 20.4 Å². The van der Waals surface area contributed by atoms with E-state index in [0.717, 1.165) is 18.6 Å². The van der Waals surface area contributed by atoms with Crippen molar-refractivity contribution in [1.29, 1.82) is 0 Å². The van der Waals surface area contributed by atoms with E-state index in [9.17, 15) is 4.79 Å². The van der Waals surface area contributed by atoms with Gasteiger partial charge in [-0.3, -0.25) is 9.48 Å². The number of nitrogens with one attached hydrogen (secondary N) is 2. The number of ether oxygens (including phenoxy) is 2. The molecule has 2 heterocycles. The van der Waals surface area contributed by atoms with Gasteiger partial charge in [0.25, 0.3) is 0 Å². The molecule has 0 bridgehead atoms. The van der Waals surface area contributed by atoms with Crippen molar-refractivity contribution < 1.29 is 14.3 Å². The standard InChI is InChI=1S/C14H24N4O3/c1-10(8-21-12-4-5-20-9-12)17-14(19)13(15-2)11-6-16-18(3)7-11/h6-7,10,12-13,15H,4-5,8-9H2,1-3H3,(H,17,19). The minimum Gasteiger partial charge on any atom is -0.379 e. The van der Waals surface area contributed by atoms with Gasteiger partial charge in [0.1, 0.15) is 6.04 Å². The van der Waals surface area contributed by atoms with E-state index in [1.165, 1.54) is 0 Å². The van der Waals surface area contributed by atoms with Crippen LogP contribution in [0.15, 0.2) is 12.4 Å². The molecule has 0 aliphatic carbocycles. The number of carbonyl (C=O) groups excluding carboxylic acids is 1. The zero-order valence-corrected chi connectivity index (χ0v) is 12.8. The van der Waals surface area contributed by atoms with Crippen LogP contribution in [0.25, 0.3) is 0 Å². The van der Waals surface area contributed by atoms with E-state index in [2.05, 4.69) is 15.7 Å². The highest BCUT2D eigenvalue weighted by atomic mass is 16.5. The molecule has 0 saturated carbocycles. The second-order valence-corrected chi connectivity index (χ2v) is 5.40. The van der Waals surface area contributed by atoms with Crippen LogP contribution in [-0.2, 0) is 21.3 Å². The lowest BCUT2D eigenvalue weighted by Crippen LogP contribution is -2.43. The minimum atomic E-state index is -0.407. The molecule has 1 aromatic heterocycles. The first kappa shape index (κ1) is 15.9. The average Bonchev–Trinajstić information content (AvgIpc) is 3.09. The lowest BCUT2D eigenvalue weighted by molar-refractivity contribution is -0.124. The molecule has 0 aromatic carbocycles. The molecule has 7 nitrogen and oxygen atoms in total. The van der Waals surface area contributed by atoms with E-state index >= 15 is 0 Å². The number of nitrogens with zero attached hydrogens (tertiary/aromatic N) is 2. The Balaban J connectivity index is 1.80. The van der Waals surface area contributed by atoms with Crippen LogP contribution in [0.4, 0.5) is 0 Å². The zero-order valence-electron chi connectivity index (χ0n) is 12.8. The molecule has 0 radical (unpaired) electrons. The third kappa shape index (κ3) is 4.52. The molecule has 1 amide bonds. The smallest absolute Gasteiger partial charge is 0.242 e. The SMILES string of the molecule is CNC(C(=O)NC(C)COC1CCOC1)c1cnn(C)c1. The first-order chi connectivity index (χ1) is 10.1. The summed E-state index contributed by atoms with van der Waals surface area (Å²) in [6, 6.07) is -0.457. The molecule has 0 spiro atoms. The Morgan fingerprint density at radius 1 is 1.67 bits per heavy atom. The van der Waals surface area contributed by atoms with Gasteiger partial charge in [-0.15, -0.1) is 0 Å². The van der Waals surface area contributed by atoms with Gasteiger partial charge in [0.15, 0.2) is 0 Å². The third-order valence-electron chi connectivity index (χ3n) is 3.47. The molecule has 1 aliphatic heterocycles. The van der Waals surface area contributed by atoms with Crippen molar-refractivity contribution in [2.24, 2.45) is 7.05 Å². The van der Waals surface area contributed by atoms with Crippen molar-refractivity contribution in [2.75, 3.05) is 26.9 Å². The van der Waals surface area contributed by atoms with Gasteiger partial charge in [-0.1, -0.05) is 0 Å². The normalized spacial score (nSPS) is 21.2. The molecule has 7 heteroatoms. The number of rotatable bonds is 7. The molecule has 2 N–H and O–H groups in total. The largest absolute Gasteiger partial charge is 0.379 e. The summed E-state index contributed by atoms with van der Waals surface area (Å²) in [6.07, 6.45) is 4.60. The predicted molar refractivity (Wildman–Crippen MR) is 77.8 cm³/mol. The average molecular weight is 296 g/mol. The first-order valence-corrected chi connectivity index (χ1v) is 7.25. The van der Waals surface area contributed by atoms with Crippen LogP contribution in [0.2, 0.25) is 0 Å². The number of amides is 1. The zero-order chi connectivity index (χ0) is 15.2. The minimum absolute atomic E-state index is 0.0504. The van der Waals surface area contributed by atoms with Crippen LogP contribution in [0.1, 0.15) is 24.9 Å². The van der Waals surface area contributed by atoms with Gasteiger partial charge in [0, 0.05) is 31.5 Å². The van der Waals surface area contributed by atoms with Gasteiger partial charge in [0.2, 0.25) is 5.91 Å². The second-order valence-electron chi connectivity index (χ2n) is 5.40. The van der Waals surface area contributed by atoms with E-state index in [4.69, 9.17) is 9.47 Å². The van der Waals surface area contributed by atoms with Gasteiger partial charge in [0.05, 0.1) is 25.5 Å². The van der Waals surface area contributed by atoms with E-state index in [-0.39, 0.29) is 18.1 Å². The molecule has 118 valence electrons. The summed E-state index contributed by atoms with van der Waals surface area (Å²) in [5, 5.41) is 10.1. The Kier molecular flexibility index (Phi) is 5.72. The summed E-state index contributed by atoms with van der Waals surface area (Å²) in [6.45, 7) is 3.83. The van der Waals surface area contributed by atoms with E-state index in [1.807, 2.05) is 20.2 Å². The lowest BCUT2D eigenvalue weighted by Gasteiger charge is -2.20. The maximum absolute atomic E-state index is 12.3. The molecule has 3 atom stereocenters. The molecule has 1 aromatic rings. The topological polar surface area (TPSA) is 77.4 Å². The highest BCUT2D eigenvalue weighted by Gasteiger charge is 2.22. The van der Waals surface area contributed by atoms with Crippen LogP contribution < -0.4 is 10.6 Å². The second kappa shape index (κ2) is 7.53. The molecule has 1 aliphatic rings. The highest BCUT2D eigenvalue weighted by Crippen LogP contribution is 2.12. The predicted octanol–water partition coefficient (Wildman–Crippen LogP) is -0.00920. The summed E-state index contributed by atoms with van der Waals surface area (Å²) in [5.41, 5.74) is 0.842. The van der Waals surface area contributed by atoms with Crippen LogP contribution in [0.3, 0.4) is 0 Å². The van der Waals surface area contributed by atoms with E-state index < -0.39 is 6.04 Å². The molecule has 1 saturated heterocycles. The quantitative estimate of drug-likeness (QED) is 0.740. The van der Waals surface area contributed by atoms with E-state index in [1.54, 1.807) is 17.9 Å². The fourth-order valence-electron chi connectivity index (χ4n) is 2.33. The van der Waals surface area contributed by atoms with Crippen molar-refractivity contribution >= 4 is 5.91 Å². The van der Waals surface area contributed by atoms with Crippen molar-refractivity contribution in [2.45, 2.75) is 31.5 Å². The number of aromatic nitrogens is 2. The molecule has 2 rings (SSSR count).